The zero-order valence-electron chi connectivity index (χ0n) is 10.8. The number of rotatable bonds is 4. The molecule has 1 aromatic heterocycles. The van der Waals surface area contributed by atoms with Crippen molar-refractivity contribution >= 4 is 16.6 Å². The Morgan fingerprint density at radius 1 is 1.32 bits per heavy atom. The molecular weight excluding hydrogens is 253 g/mol. The number of halogens is 3. The Labute approximate surface area is 109 Å². The average Bonchev–Trinajstić information content (AvgIpc) is 2.40. The number of pyridine rings is 1. The van der Waals surface area contributed by atoms with Crippen molar-refractivity contribution in [3.63, 3.8) is 0 Å². The molecule has 2 aromatic rings. The summed E-state index contributed by atoms with van der Waals surface area (Å²) in [5, 5.41) is 3.75. The van der Waals surface area contributed by atoms with Crippen molar-refractivity contribution in [1.29, 1.82) is 0 Å². The maximum atomic E-state index is 13.5. The first-order valence-corrected chi connectivity index (χ1v) is 6.16. The summed E-state index contributed by atoms with van der Waals surface area (Å²) in [6, 6.07) is 4.23. The van der Waals surface area contributed by atoms with Crippen LogP contribution in [0.25, 0.3) is 10.9 Å². The van der Waals surface area contributed by atoms with E-state index in [2.05, 4.69) is 10.3 Å². The van der Waals surface area contributed by atoms with E-state index in [9.17, 15) is 13.2 Å². The van der Waals surface area contributed by atoms with Gasteiger partial charge in [0, 0.05) is 23.2 Å². The van der Waals surface area contributed by atoms with Gasteiger partial charge in [-0.25, -0.2) is 18.2 Å². The number of aromatic nitrogens is 1. The van der Waals surface area contributed by atoms with Crippen LogP contribution in [0, 0.1) is 12.7 Å². The summed E-state index contributed by atoms with van der Waals surface area (Å²) in [6.45, 7) is 4.19. The summed E-state index contributed by atoms with van der Waals surface area (Å²) in [5.74, 6) is -0.437. The molecule has 0 saturated heterocycles. The highest BCUT2D eigenvalue weighted by Gasteiger charge is 2.15. The molecule has 5 heteroatoms. The molecule has 1 heterocycles. The molecule has 0 radical (unpaired) electrons. The molecule has 0 bridgehead atoms. The second-order valence-electron chi connectivity index (χ2n) is 4.39. The van der Waals surface area contributed by atoms with E-state index in [0.717, 1.165) is 6.42 Å². The molecule has 0 saturated carbocycles. The SMILES string of the molecule is CCCNc1cc(C(F)F)nc2c(C)c(F)ccc12. The monoisotopic (exact) mass is 268 g/mol. The van der Waals surface area contributed by atoms with Crippen LogP contribution in [0.2, 0.25) is 0 Å². The number of alkyl halides is 2. The van der Waals surface area contributed by atoms with Gasteiger partial charge in [-0.3, -0.25) is 0 Å². The number of hydrogen-bond acceptors (Lipinski definition) is 2. The van der Waals surface area contributed by atoms with Crippen molar-refractivity contribution in [3.8, 4) is 0 Å². The number of nitrogens with one attached hydrogen (secondary N) is 1. The fourth-order valence-corrected chi connectivity index (χ4v) is 1.94. The largest absolute Gasteiger partial charge is 0.384 e. The minimum Gasteiger partial charge on any atom is -0.384 e. The molecule has 1 aromatic carbocycles. The van der Waals surface area contributed by atoms with Gasteiger partial charge >= 0.3 is 0 Å². The number of benzene rings is 1. The fraction of sp³-hybridized carbons (Fsp3) is 0.357. The van der Waals surface area contributed by atoms with Crippen LogP contribution < -0.4 is 5.32 Å². The summed E-state index contributed by atoms with van der Waals surface area (Å²) in [5.41, 5.74) is 0.820. The van der Waals surface area contributed by atoms with Gasteiger partial charge in [-0.2, -0.15) is 0 Å². The zero-order chi connectivity index (χ0) is 14.0. The Balaban J connectivity index is 2.67. The molecular formula is C14H15F3N2. The topological polar surface area (TPSA) is 24.9 Å². The third kappa shape index (κ3) is 2.64. The second-order valence-corrected chi connectivity index (χ2v) is 4.39. The molecule has 1 N–H and O–H groups in total. The first kappa shape index (κ1) is 13.6. The van der Waals surface area contributed by atoms with Gasteiger partial charge in [0.25, 0.3) is 6.43 Å². The number of hydrogen-bond donors (Lipinski definition) is 1. The Hall–Kier alpha value is -1.78. The lowest BCUT2D eigenvalue weighted by molar-refractivity contribution is 0.146. The van der Waals surface area contributed by atoms with Crippen LogP contribution in [0.4, 0.5) is 18.9 Å². The molecule has 2 rings (SSSR count). The summed E-state index contributed by atoms with van der Waals surface area (Å²) >= 11 is 0. The van der Waals surface area contributed by atoms with E-state index in [0.29, 0.717) is 23.2 Å². The van der Waals surface area contributed by atoms with E-state index in [-0.39, 0.29) is 11.2 Å². The Morgan fingerprint density at radius 2 is 2.05 bits per heavy atom. The van der Waals surface area contributed by atoms with Gasteiger partial charge in [0.2, 0.25) is 0 Å². The van der Waals surface area contributed by atoms with E-state index < -0.39 is 12.2 Å². The van der Waals surface area contributed by atoms with Crippen molar-refractivity contribution < 1.29 is 13.2 Å². The molecule has 0 aliphatic rings. The van der Waals surface area contributed by atoms with Crippen LogP contribution in [0.3, 0.4) is 0 Å². The molecule has 0 amide bonds. The number of nitrogens with zero attached hydrogens (tertiary/aromatic N) is 1. The van der Waals surface area contributed by atoms with E-state index in [4.69, 9.17) is 0 Å². The lowest BCUT2D eigenvalue weighted by Gasteiger charge is -2.12. The van der Waals surface area contributed by atoms with Crippen LogP contribution in [-0.4, -0.2) is 11.5 Å². The van der Waals surface area contributed by atoms with Crippen LogP contribution in [-0.2, 0) is 0 Å². The van der Waals surface area contributed by atoms with Crippen molar-refractivity contribution in [3.05, 3.63) is 35.3 Å². The first-order chi connectivity index (χ1) is 9.04. The minimum absolute atomic E-state index is 0.288. The summed E-state index contributed by atoms with van der Waals surface area (Å²) < 4.78 is 39.2. The molecule has 2 nitrogen and oxygen atoms in total. The Morgan fingerprint density at radius 3 is 2.68 bits per heavy atom. The van der Waals surface area contributed by atoms with E-state index in [1.165, 1.54) is 12.1 Å². The molecule has 0 atom stereocenters. The summed E-state index contributed by atoms with van der Waals surface area (Å²) in [4.78, 5) is 3.87. The smallest absolute Gasteiger partial charge is 0.280 e. The molecule has 0 fully saturated rings. The lowest BCUT2D eigenvalue weighted by atomic mass is 10.1. The molecule has 102 valence electrons. The average molecular weight is 268 g/mol. The normalized spacial score (nSPS) is 11.3. The van der Waals surface area contributed by atoms with Crippen LogP contribution in [0.5, 0.6) is 0 Å². The van der Waals surface area contributed by atoms with Crippen molar-refractivity contribution in [1.82, 2.24) is 4.98 Å². The highest BCUT2D eigenvalue weighted by molar-refractivity contribution is 5.93. The molecule has 0 aliphatic heterocycles. The number of aryl methyl sites for hydroxylation is 1. The molecule has 19 heavy (non-hydrogen) atoms. The molecule has 0 spiro atoms. The first-order valence-electron chi connectivity index (χ1n) is 6.16. The fourth-order valence-electron chi connectivity index (χ4n) is 1.94. The van der Waals surface area contributed by atoms with Gasteiger partial charge in [0.15, 0.2) is 0 Å². The third-order valence-corrected chi connectivity index (χ3v) is 2.98. The van der Waals surface area contributed by atoms with Crippen LogP contribution in [0.1, 0.15) is 31.0 Å². The standard InChI is InChI=1S/C14H15F3N2/c1-3-6-18-11-7-12(14(16)17)19-13-8(2)10(15)5-4-9(11)13/h4-5,7,14H,3,6H2,1-2H3,(H,18,19). The summed E-state index contributed by atoms with van der Waals surface area (Å²) in [6.07, 6.45) is -1.80. The molecule has 0 unspecified atom stereocenters. The zero-order valence-corrected chi connectivity index (χ0v) is 10.8. The van der Waals surface area contributed by atoms with Gasteiger partial charge in [0.1, 0.15) is 11.5 Å². The number of fused-ring (bicyclic) bond motifs is 1. The van der Waals surface area contributed by atoms with Crippen molar-refractivity contribution in [2.45, 2.75) is 26.7 Å². The third-order valence-electron chi connectivity index (χ3n) is 2.98. The van der Waals surface area contributed by atoms with Crippen LogP contribution >= 0.6 is 0 Å². The van der Waals surface area contributed by atoms with Gasteiger partial charge < -0.3 is 5.32 Å². The van der Waals surface area contributed by atoms with E-state index in [1.807, 2.05) is 6.92 Å². The Bertz CT molecular complexity index is 597. The van der Waals surface area contributed by atoms with Crippen molar-refractivity contribution in [2.24, 2.45) is 0 Å². The van der Waals surface area contributed by atoms with E-state index >= 15 is 0 Å². The van der Waals surface area contributed by atoms with Gasteiger partial charge in [-0.05, 0) is 31.5 Å². The van der Waals surface area contributed by atoms with Crippen molar-refractivity contribution in [2.75, 3.05) is 11.9 Å². The minimum atomic E-state index is -2.67. The quantitative estimate of drug-likeness (QED) is 0.886. The highest BCUT2D eigenvalue weighted by atomic mass is 19.3. The maximum Gasteiger partial charge on any atom is 0.280 e. The van der Waals surface area contributed by atoms with Crippen LogP contribution in [0.15, 0.2) is 18.2 Å². The van der Waals surface area contributed by atoms with Gasteiger partial charge in [0.05, 0.1) is 5.52 Å². The van der Waals surface area contributed by atoms with Gasteiger partial charge in [-0.15, -0.1) is 0 Å². The maximum absolute atomic E-state index is 13.5. The highest BCUT2D eigenvalue weighted by Crippen LogP contribution is 2.30. The number of anilines is 1. The summed E-state index contributed by atoms with van der Waals surface area (Å²) in [7, 11) is 0. The lowest BCUT2D eigenvalue weighted by Crippen LogP contribution is -2.04. The van der Waals surface area contributed by atoms with E-state index in [1.54, 1.807) is 13.0 Å². The Kier molecular flexibility index (Phi) is 3.93. The predicted molar refractivity (Wildman–Crippen MR) is 70.2 cm³/mol. The predicted octanol–water partition coefficient (Wildman–Crippen LogP) is 4.44. The second kappa shape index (κ2) is 5.47. The van der Waals surface area contributed by atoms with Gasteiger partial charge in [-0.1, -0.05) is 6.92 Å². The molecule has 0 aliphatic carbocycles.